The van der Waals surface area contributed by atoms with E-state index in [0.29, 0.717) is 24.5 Å². The van der Waals surface area contributed by atoms with Crippen molar-refractivity contribution in [1.82, 2.24) is 10.6 Å². The first-order valence-corrected chi connectivity index (χ1v) is 8.18. The SMILES string of the molecule is CC1CCC(NC(=O)NCCS(C)=O)(C(=O)O)CC1. The van der Waals surface area contributed by atoms with Gasteiger partial charge < -0.3 is 15.7 Å². The predicted molar refractivity (Wildman–Crippen MR) is 73.5 cm³/mol. The third-order valence-electron chi connectivity index (χ3n) is 3.57. The van der Waals surface area contributed by atoms with E-state index in [-0.39, 0.29) is 6.54 Å². The van der Waals surface area contributed by atoms with Gasteiger partial charge in [-0.05, 0) is 31.6 Å². The van der Waals surface area contributed by atoms with Crippen LogP contribution in [-0.2, 0) is 15.6 Å². The predicted octanol–water partition coefficient (Wildman–Crippen LogP) is 0.698. The Morgan fingerprint density at radius 3 is 2.42 bits per heavy atom. The van der Waals surface area contributed by atoms with Crippen LogP contribution in [0.2, 0.25) is 0 Å². The van der Waals surface area contributed by atoms with Crippen molar-refractivity contribution in [2.75, 3.05) is 18.6 Å². The van der Waals surface area contributed by atoms with Gasteiger partial charge in [0.05, 0.1) is 0 Å². The summed E-state index contributed by atoms with van der Waals surface area (Å²) >= 11 is 0. The van der Waals surface area contributed by atoms with E-state index in [4.69, 9.17) is 0 Å². The minimum Gasteiger partial charge on any atom is -0.480 e. The molecule has 0 spiro atoms. The molecule has 3 N–H and O–H groups in total. The molecule has 1 aliphatic rings. The van der Waals surface area contributed by atoms with E-state index in [2.05, 4.69) is 17.6 Å². The number of hydrogen-bond donors (Lipinski definition) is 3. The number of rotatable bonds is 5. The molecule has 1 unspecified atom stereocenters. The van der Waals surface area contributed by atoms with Crippen LogP contribution in [0.4, 0.5) is 4.79 Å². The zero-order chi connectivity index (χ0) is 14.5. The molecule has 0 radical (unpaired) electrons. The Balaban J connectivity index is 2.52. The first-order valence-electron chi connectivity index (χ1n) is 6.45. The summed E-state index contributed by atoms with van der Waals surface area (Å²) in [6.45, 7) is 2.36. The van der Waals surface area contributed by atoms with Gasteiger partial charge in [0, 0.05) is 29.4 Å². The lowest BCUT2D eigenvalue weighted by atomic mass is 9.77. The number of urea groups is 1. The van der Waals surface area contributed by atoms with Gasteiger partial charge in [0.25, 0.3) is 0 Å². The first kappa shape index (κ1) is 15.9. The molecular weight excluding hydrogens is 268 g/mol. The van der Waals surface area contributed by atoms with Crippen LogP contribution in [-0.4, -0.2) is 45.4 Å². The zero-order valence-corrected chi connectivity index (χ0v) is 12.2. The second-order valence-electron chi connectivity index (χ2n) is 5.23. The summed E-state index contributed by atoms with van der Waals surface area (Å²) in [5.74, 6) is -0.113. The molecule has 6 nitrogen and oxygen atoms in total. The molecule has 0 aromatic heterocycles. The molecule has 7 heteroatoms. The standard InChI is InChI=1S/C12H22N2O4S/c1-9-3-5-12(6-4-9,10(15)16)14-11(17)13-7-8-19(2)18/h9H,3-8H2,1-2H3,(H,15,16)(H2,13,14,17). The Kier molecular flexibility index (Phi) is 5.78. The number of aliphatic carboxylic acids is 1. The Morgan fingerprint density at radius 1 is 1.37 bits per heavy atom. The summed E-state index contributed by atoms with van der Waals surface area (Å²) in [6, 6.07) is -0.498. The number of carbonyl (C=O) groups is 2. The molecule has 1 aliphatic carbocycles. The van der Waals surface area contributed by atoms with Gasteiger partial charge in [-0.15, -0.1) is 0 Å². The quantitative estimate of drug-likeness (QED) is 0.694. The van der Waals surface area contributed by atoms with Crippen LogP contribution in [0.15, 0.2) is 0 Å². The van der Waals surface area contributed by atoms with Crippen molar-refractivity contribution in [3.05, 3.63) is 0 Å². The summed E-state index contributed by atoms with van der Waals surface area (Å²) < 4.78 is 10.9. The smallest absolute Gasteiger partial charge is 0.329 e. The molecule has 0 heterocycles. The third kappa shape index (κ3) is 4.81. The van der Waals surface area contributed by atoms with E-state index in [1.807, 2.05) is 0 Å². The van der Waals surface area contributed by atoms with E-state index in [1.165, 1.54) is 0 Å². The molecule has 1 saturated carbocycles. The fourth-order valence-electron chi connectivity index (χ4n) is 2.22. The van der Waals surface area contributed by atoms with Crippen molar-refractivity contribution in [3.8, 4) is 0 Å². The number of carboxylic acids is 1. The monoisotopic (exact) mass is 290 g/mol. The van der Waals surface area contributed by atoms with Crippen molar-refractivity contribution >= 4 is 22.8 Å². The molecule has 19 heavy (non-hydrogen) atoms. The molecule has 0 bridgehead atoms. The van der Waals surface area contributed by atoms with Crippen LogP contribution < -0.4 is 10.6 Å². The molecule has 1 atom stereocenters. The topological polar surface area (TPSA) is 95.5 Å². The highest BCUT2D eigenvalue weighted by Gasteiger charge is 2.42. The van der Waals surface area contributed by atoms with Crippen molar-refractivity contribution in [3.63, 3.8) is 0 Å². The number of carboxylic acid groups (broad SMARTS) is 1. The molecule has 2 amide bonds. The number of amides is 2. The van der Waals surface area contributed by atoms with E-state index >= 15 is 0 Å². The van der Waals surface area contributed by atoms with E-state index < -0.39 is 28.3 Å². The van der Waals surface area contributed by atoms with Crippen LogP contribution in [0.3, 0.4) is 0 Å². The highest BCUT2D eigenvalue weighted by Crippen LogP contribution is 2.32. The fraction of sp³-hybridized carbons (Fsp3) is 0.833. The van der Waals surface area contributed by atoms with E-state index in [1.54, 1.807) is 6.26 Å². The molecule has 0 aliphatic heterocycles. The maximum atomic E-state index is 11.7. The second-order valence-corrected chi connectivity index (χ2v) is 6.78. The Bertz CT molecular complexity index is 365. The summed E-state index contributed by atoms with van der Waals surface area (Å²) in [5, 5.41) is 14.5. The summed E-state index contributed by atoms with van der Waals surface area (Å²) in [7, 11) is -0.972. The summed E-state index contributed by atoms with van der Waals surface area (Å²) in [6.07, 6.45) is 4.06. The normalized spacial score (nSPS) is 28.4. The number of hydrogen-bond acceptors (Lipinski definition) is 3. The molecule has 0 aromatic carbocycles. The lowest BCUT2D eigenvalue weighted by molar-refractivity contribution is -0.146. The van der Waals surface area contributed by atoms with Crippen LogP contribution >= 0.6 is 0 Å². The van der Waals surface area contributed by atoms with Crippen LogP contribution in [0.5, 0.6) is 0 Å². The molecule has 1 fully saturated rings. The number of carbonyl (C=O) groups excluding carboxylic acids is 1. The maximum absolute atomic E-state index is 11.7. The van der Waals surface area contributed by atoms with Gasteiger partial charge in [-0.1, -0.05) is 6.92 Å². The van der Waals surface area contributed by atoms with Gasteiger partial charge >= 0.3 is 12.0 Å². The van der Waals surface area contributed by atoms with Crippen LogP contribution in [0, 0.1) is 5.92 Å². The molecular formula is C12H22N2O4S. The Morgan fingerprint density at radius 2 is 1.95 bits per heavy atom. The van der Waals surface area contributed by atoms with Crippen molar-refractivity contribution in [1.29, 1.82) is 0 Å². The van der Waals surface area contributed by atoms with Crippen molar-refractivity contribution in [2.45, 2.75) is 38.1 Å². The zero-order valence-electron chi connectivity index (χ0n) is 11.4. The van der Waals surface area contributed by atoms with Gasteiger partial charge in [0.1, 0.15) is 5.54 Å². The average molecular weight is 290 g/mol. The molecule has 0 aromatic rings. The average Bonchev–Trinajstić information content (AvgIpc) is 2.31. The van der Waals surface area contributed by atoms with Crippen LogP contribution in [0.1, 0.15) is 32.6 Å². The Hall–Kier alpha value is -1.11. The lowest BCUT2D eigenvalue weighted by Gasteiger charge is -2.36. The lowest BCUT2D eigenvalue weighted by Crippen LogP contribution is -2.58. The Labute approximate surface area is 115 Å². The summed E-state index contributed by atoms with van der Waals surface area (Å²) in [5.41, 5.74) is -1.15. The van der Waals surface area contributed by atoms with E-state index in [0.717, 1.165) is 12.8 Å². The molecule has 110 valence electrons. The van der Waals surface area contributed by atoms with Crippen molar-refractivity contribution < 1.29 is 18.9 Å². The van der Waals surface area contributed by atoms with Crippen molar-refractivity contribution in [2.24, 2.45) is 5.92 Å². The first-order chi connectivity index (χ1) is 8.85. The second kappa shape index (κ2) is 6.88. The van der Waals surface area contributed by atoms with Gasteiger partial charge in [-0.2, -0.15) is 0 Å². The molecule has 1 rings (SSSR count). The highest BCUT2D eigenvalue weighted by molar-refractivity contribution is 7.84. The van der Waals surface area contributed by atoms with Gasteiger partial charge in [-0.3, -0.25) is 4.21 Å². The minimum absolute atomic E-state index is 0.279. The number of nitrogens with one attached hydrogen (secondary N) is 2. The van der Waals surface area contributed by atoms with Gasteiger partial charge in [-0.25, -0.2) is 9.59 Å². The maximum Gasteiger partial charge on any atom is 0.329 e. The third-order valence-corrected chi connectivity index (χ3v) is 4.34. The largest absolute Gasteiger partial charge is 0.480 e. The molecule has 0 saturated heterocycles. The van der Waals surface area contributed by atoms with Gasteiger partial charge in [0.15, 0.2) is 0 Å². The minimum atomic E-state index is -1.15. The summed E-state index contributed by atoms with van der Waals surface area (Å²) in [4.78, 5) is 23.1. The highest BCUT2D eigenvalue weighted by atomic mass is 32.2. The fourth-order valence-corrected chi connectivity index (χ4v) is 2.61. The van der Waals surface area contributed by atoms with E-state index in [9.17, 15) is 18.9 Å². The van der Waals surface area contributed by atoms with Crippen LogP contribution in [0.25, 0.3) is 0 Å². The van der Waals surface area contributed by atoms with Gasteiger partial charge in [0.2, 0.25) is 0 Å².